The van der Waals surface area contributed by atoms with Crippen LogP contribution in [0.25, 0.3) is 0 Å². The fourth-order valence-electron chi connectivity index (χ4n) is 9.32. The minimum Gasteiger partial charge on any atom is -0.349 e. The Bertz CT molecular complexity index is 744. The Balaban J connectivity index is 1.30. The van der Waals surface area contributed by atoms with Gasteiger partial charge in [-0.05, 0) is 90.9 Å². The van der Waals surface area contributed by atoms with Gasteiger partial charge in [0, 0.05) is 12.3 Å². The quantitative estimate of drug-likeness (QED) is 0.464. The monoisotopic (exact) mass is 396 g/mol. The molecule has 2 saturated heterocycles. The van der Waals surface area contributed by atoms with E-state index in [9.17, 15) is 0 Å². The van der Waals surface area contributed by atoms with Crippen LogP contribution in [0.1, 0.15) is 79.1 Å². The van der Waals surface area contributed by atoms with Gasteiger partial charge >= 0.3 is 0 Å². The molecule has 0 aromatic rings. The van der Waals surface area contributed by atoms with Gasteiger partial charge in [-0.25, -0.2) is 0 Å². The van der Waals surface area contributed by atoms with Crippen molar-refractivity contribution in [3.8, 4) is 0 Å². The molecule has 2 heterocycles. The molecular weight excluding hydrogens is 356 g/mol. The Hall–Kier alpha value is -0.600. The largest absolute Gasteiger partial charge is 0.349 e. The molecular formula is C27H40O2. The van der Waals surface area contributed by atoms with Gasteiger partial charge < -0.3 is 9.47 Å². The molecule has 0 amide bonds. The van der Waals surface area contributed by atoms with E-state index in [1.54, 1.807) is 5.57 Å². The van der Waals surface area contributed by atoms with Crippen molar-refractivity contribution in [3.05, 3.63) is 23.8 Å². The number of hydrogen-bond acceptors (Lipinski definition) is 2. The van der Waals surface area contributed by atoms with Crippen molar-refractivity contribution in [2.75, 3.05) is 6.61 Å². The molecule has 2 aliphatic heterocycles. The second-order valence-electron chi connectivity index (χ2n) is 12.1. The van der Waals surface area contributed by atoms with Crippen LogP contribution in [0.3, 0.4) is 0 Å². The number of rotatable bonds is 0. The molecule has 0 radical (unpaired) electrons. The van der Waals surface area contributed by atoms with E-state index in [0.717, 1.165) is 30.8 Å². The van der Waals surface area contributed by atoms with Crippen LogP contribution >= 0.6 is 0 Å². The summed E-state index contributed by atoms with van der Waals surface area (Å²) in [5, 5.41) is 0. The Labute approximate surface area is 177 Å². The van der Waals surface area contributed by atoms with Gasteiger partial charge in [0.05, 0.1) is 12.7 Å². The summed E-state index contributed by atoms with van der Waals surface area (Å²) in [6.45, 7) is 10.9. The zero-order valence-electron chi connectivity index (χ0n) is 19.0. The molecule has 2 nitrogen and oxygen atoms in total. The van der Waals surface area contributed by atoms with Crippen LogP contribution in [0.2, 0.25) is 0 Å². The highest BCUT2D eigenvalue weighted by Crippen LogP contribution is 2.70. The van der Waals surface area contributed by atoms with E-state index >= 15 is 0 Å². The molecule has 10 atom stereocenters. The van der Waals surface area contributed by atoms with Crippen molar-refractivity contribution >= 4 is 0 Å². The van der Waals surface area contributed by atoms with Crippen molar-refractivity contribution in [2.45, 2.75) is 91.0 Å². The molecule has 160 valence electrons. The van der Waals surface area contributed by atoms with Crippen molar-refractivity contribution in [3.63, 3.8) is 0 Å². The molecule has 0 N–H and O–H groups in total. The van der Waals surface area contributed by atoms with Crippen LogP contribution in [0.5, 0.6) is 0 Å². The lowest BCUT2D eigenvalue weighted by Gasteiger charge is -2.57. The summed E-state index contributed by atoms with van der Waals surface area (Å²) in [5.41, 5.74) is 2.51. The summed E-state index contributed by atoms with van der Waals surface area (Å²) >= 11 is 0. The predicted octanol–water partition coefficient (Wildman–Crippen LogP) is 6.52. The first-order valence-electron chi connectivity index (χ1n) is 12.6. The minimum atomic E-state index is -0.271. The third-order valence-electron chi connectivity index (χ3n) is 10.9. The van der Waals surface area contributed by atoms with Gasteiger partial charge in [0.25, 0.3) is 0 Å². The lowest BCUT2D eigenvalue weighted by molar-refractivity contribution is -0.272. The standard InChI is InChI=1S/C27H40O2/c1-17-10-14-27(28-16-17)18(2)24-23(29-27)15-22-20-9-8-19-7-5-6-12-25(19,3)21(20)11-13-26(22,24)4/h5,7-8,17-18,20-24H,6,9-16H2,1-4H3/t17?,18?,20?,21?,22?,23?,24?,25-,26-,27?/m0/s1. The maximum atomic E-state index is 6.89. The summed E-state index contributed by atoms with van der Waals surface area (Å²) in [7, 11) is 0. The summed E-state index contributed by atoms with van der Waals surface area (Å²) in [6, 6.07) is 0. The second kappa shape index (κ2) is 6.22. The molecule has 8 unspecified atom stereocenters. The highest BCUT2D eigenvalue weighted by Gasteiger charge is 2.68. The minimum absolute atomic E-state index is 0.271. The van der Waals surface area contributed by atoms with Gasteiger partial charge in [-0.15, -0.1) is 0 Å². The normalized spacial score (nSPS) is 58.3. The van der Waals surface area contributed by atoms with Gasteiger partial charge in [0.2, 0.25) is 0 Å². The fraction of sp³-hybridized carbons (Fsp3) is 0.852. The van der Waals surface area contributed by atoms with Gasteiger partial charge in [0.15, 0.2) is 5.79 Å². The maximum Gasteiger partial charge on any atom is 0.171 e. The molecule has 0 aromatic heterocycles. The fourth-order valence-corrected chi connectivity index (χ4v) is 9.32. The Kier molecular flexibility index (Phi) is 4.10. The summed E-state index contributed by atoms with van der Waals surface area (Å²) in [6.07, 6.45) is 18.3. The topological polar surface area (TPSA) is 18.5 Å². The summed E-state index contributed by atoms with van der Waals surface area (Å²) < 4.78 is 13.4. The van der Waals surface area contributed by atoms with E-state index in [4.69, 9.17) is 9.47 Å². The third-order valence-corrected chi connectivity index (χ3v) is 10.9. The van der Waals surface area contributed by atoms with E-state index in [1.807, 2.05) is 0 Å². The second-order valence-corrected chi connectivity index (χ2v) is 12.1. The number of hydrogen-bond donors (Lipinski definition) is 0. The Morgan fingerprint density at radius 1 is 1.03 bits per heavy atom. The van der Waals surface area contributed by atoms with E-state index in [-0.39, 0.29) is 5.79 Å². The van der Waals surface area contributed by atoms with Crippen LogP contribution in [0.4, 0.5) is 0 Å². The molecule has 6 rings (SSSR count). The zero-order valence-corrected chi connectivity index (χ0v) is 19.0. The van der Waals surface area contributed by atoms with E-state index in [2.05, 4.69) is 45.9 Å². The summed E-state index contributed by atoms with van der Waals surface area (Å²) in [5.74, 6) is 4.20. The molecule has 2 saturated carbocycles. The maximum absolute atomic E-state index is 6.89. The van der Waals surface area contributed by atoms with Crippen LogP contribution in [0, 0.1) is 46.3 Å². The van der Waals surface area contributed by atoms with Gasteiger partial charge in [-0.3, -0.25) is 0 Å². The van der Waals surface area contributed by atoms with Crippen molar-refractivity contribution in [2.24, 2.45) is 46.3 Å². The Morgan fingerprint density at radius 3 is 2.69 bits per heavy atom. The van der Waals surface area contributed by atoms with E-state index < -0.39 is 0 Å². The van der Waals surface area contributed by atoms with E-state index in [0.29, 0.717) is 34.7 Å². The van der Waals surface area contributed by atoms with Gasteiger partial charge in [-0.1, -0.05) is 45.9 Å². The SMILES string of the molecule is CC1CCC2(OC1)OC1CC3C4CC=C5C=CCC[C@]5(C)C4CC[C@]3(C)C1C2C. The molecule has 2 heteroatoms. The molecule has 6 aliphatic rings. The smallest absolute Gasteiger partial charge is 0.171 e. The van der Waals surface area contributed by atoms with Gasteiger partial charge in [-0.2, -0.15) is 0 Å². The number of ether oxygens (including phenoxy) is 2. The predicted molar refractivity (Wildman–Crippen MR) is 116 cm³/mol. The highest BCUT2D eigenvalue weighted by molar-refractivity contribution is 5.34. The molecule has 1 spiro atoms. The highest BCUT2D eigenvalue weighted by atomic mass is 16.7. The molecule has 0 aromatic carbocycles. The average molecular weight is 397 g/mol. The lowest BCUT2D eigenvalue weighted by atomic mass is 9.47. The first kappa shape index (κ1) is 19.1. The Morgan fingerprint density at radius 2 is 1.90 bits per heavy atom. The van der Waals surface area contributed by atoms with Gasteiger partial charge in [0.1, 0.15) is 0 Å². The third kappa shape index (κ3) is 2.42. The van der Waals surface area contributed by atoms with Crippen LogP contribution in [-0.4, -0.2) is 18.5 Å². The summed E-state index contributed by atoms with van der Waals surface area (Å²) in [4.78, 5) is 0. The van der Waals surface area contributed by atoms with Crippen LogP contribution < -0.4 is 0 Å². The van der Waals surface area contributed by atoms with E-state index in [1.165, 1.54) is 44.9 Å². The van der Waals surface area contributed by atoms with Crippen molar-refractivity contribution < 1.29 is 9.47 Å². The zero-order chi connectivity index (χ0) is 20.0. The average Bonchev–Trinajstić information content (AvgIpc) is 3.15. The molecule has 4 aliphatic carbocycles. The van der Waals surface area contributed by atoms with Crippen LogP contribution in [0.15, 0.2) is 23.8 Å². The van der Waals surface area contributed by atoms with Crippen LogP contribution in [-0.2, 0) is 9.47 Å². The first-order valence-corrected chi connectivity index (χ1v) is 12.6. The van der Waals surface area contributed by atoms with Crippen molar-refractivity contribution in [1.82, 2.24) is 0 Å². The number of allylic oxidation sites excluding steroid dienone is 4. The lowest BCUT2D eigenvalue weighted by Crippen LogP contribution is -2.51. The van der Waals surface area contributed by atoms with Crippen molar-refractivity contribution in [1.29, 1.82) is 0 Å². The number of fused-ring (bicyclic) bond motifs is 7. The molecule has 4 fully saturated rings. The molecule has 29 heavy (non-hydrogen) atoms. The first-order chi connectivity index (χ1) is 13.9. The molecule has 0 bridgehead atoms.